The number of thiazole rings is 1. The zero-order valence-electron chi connectivity index (χ0n) is 23.2. The lowest BCUT2D eigenvalue weighted by atomic mass is 9.96. The summed E-state index contributed by atoms with van der Waals surface area (Å²) in [6.07, 6.45) is 3.66. The number of thioether (sulfide) groups is 1. The number of fused-ring (bicyclic) bond motifs is 1. The van der Waals surface area contributed by atoms with E-state index in [0.717, 1.165) is 33.1 Å². The van der Waals surface area contributed by atoms with Gasteiger partial charge in [0.1, 0.15) is 0 Å². The zero-order valence-corrected chi connectivity index (χ0v) is 27.0. The van der Waals surface area contributed by atoms with Crippen LogP contribution in [0.4, 0.5) is 0 Å². The van der Waals surface area contributed by atoms with Crippen LogP contribution in [0.2, 0.25) is 0 Å². The van der Waals surface area contributed by atoms with Crippen molar-refractivity contribution < 1.29 is 9.53 Å². The van der Waals surface area contributed by atoms with Crippen molar-refractivity contribution in [2.75, 3.05) is 6.26 Å². The number of carbonyl (C=O) groups is 1. The van der Waals surface area contributed by atoms with Crippen molar-refractivity contribution in [1.82, 2.24) is 9.13 Å². The number of allylic oxidation sites excluding steroid dienone is 1. The van der Waals surface area contributed by atoms with Gasteiger partial charge in [-0.3, -0.25) is 9.36 Å². The van der Waals surface area contributed by atoms with E-state index in [2.05, 4.69) is 71.3 Å². The first-order valence-electron chi connectivity index (χ1n) is 12.9. The highest BCUT2D eigenvalue weighted by atomic mass is 127. The van der Waals surface area contributed by atoms with Crippen LogP contribution in [-0.4, -0.2) is 27.5 Å². The van der Waals surface area contributed by atoms with E-state index in [1.807, 2.05) is 57.4 Å². The lowest BCUT2D eigenvalue weighted by Crippen LogP contribution is -2.40. The highest BCUT2D eigenvalue weighted by Crippen LogP contribution is 2.32. The molecule has 0 bridgehead atoms. The van der Waals surface area contributed by atoms with Crippen molar-refractivity contribution in [2.24, 2.45) is 4.99 Å². The smallest absolute Gasteiger partial charge is 0.338 e. The Morgan fingerprint density at radius 1 is 1.10 bits per heavy atom. The van der Waals surface area contributed by atoms with Crippen molar-refractivity contribution in [3.63, 3.8) is 0 Å². The summed E-state index contributed by atoms with van der Waals surface area (Å²) in [6.45, 7) is 9.58. The van der Waals surface area contributed by atoms with Crippen LogP contribution in [0.5, 0.6) is 0 Å². The summed E-state index contributed by atoms with van der Waals surface area (Å²) in [5, 5.41) is 0. The zero-order chi connectivity index (χ0) is 28.7. The second-order valence-electron chi connectivity index (χ2n) is 9.95. The molecular formula is C31H30IN3O3S2. The first-order valence-corrected chi connectivity index (χ1v) is 16.0. The minimum atomic E-state index is -0.625. The van der Waals surface area contributed by atoms with E-state index in [4.69, 9.17) is 9.73 Å². The minimum Gasteiger partial charge on any atom is -0.459 e. The quantitative estimate of drug-likeness (QED) is 0.144. The summed E-state index contributed by atoms with van der Waals surface area (Å²) >= 11 is 5.29. The molecule has 2 aromatic heterocycles. The van der Waals surface area contributed by atoms with Gasteiger partial charge in [0.2, 0.25) is 0 Å². The fraction of sp³-hybridized carbons (Fsp3) is 0.258. The topological polar surface area (TPSA) is 65.6 Å². The van der Waals surface area contributed by atoms with Gasteiger partial charge in [0.25, 0.3) is 5.56 Å². The fourth-order valence-corrected chi connectivity index (χ4v) is 6.83. The second kappa shape index (κ2) is 11.5. The summed E-state index contributed by atoms with van der Waals surface area (Å²) in [5.41, 5.74) is 5.80. The number of carbonyl (C=O) groups excluding carboxylic acids is 1. The molecule has 0 aliphatic carbocycles. The Morgan fingerprint density at radius 3 is 2.40 bits per heavy atom. The van der Waals surface area contributed by atoms with Gasteiger partial charge in [-0.05, 0) is 123 Å². The predicted octanol–water partition coefficient (Wildman–Crippen LogP) is 5.92. The lowest BCUT2D eigenvalue weighted by Gasteiger charge is -2.25. The van der Waals surface area contributed by atoms with E-state index in [-0.39, 0.29) is 11.7 Å². The Morgan fingerprint density at radius 2 is 1.77 bits per heavy atom. The highest BCUT2D eigenvalue weighted by molar-refractivity contribution is 14.1. The van der Waals surface area contributed by atoms with Gasteiger partial charge in [-0.1, -0.05) is 23.5 Å². The van der Waals surface area contributed by atoms with Crippen molar-refractivity contribution in [2.45, 2.75) is 51.7 Å². The third kappa shape index (κ3) is 5.38. The molecule has 0 radical (unpaired) electrons. The fourth-order valence-electron chi connectivity index (χ4n) is 5.02. The summed E-state index contributed by atoms with van der Waals surface area (Å²) in [7, 11) is 0. The molecule has 206 valence electrons. The Hall–Kier alpha value is -2.89. The number of aromatic nitrogens is 2. The predicted molar refractivity (Wildman–Crippen MR) is 171 cm³/mol. The molecule has 1 aliphatic heterocycles. The Bertz CT molecular complexity index is 1810. The van der Waals surface area contributed by atoms with Crippen LogP contribution in [-0.2, 0) is 9.53 Å². The maximum absolute atomic E-state index is 14.0. The third-order valence-electron chi connectivity index (χ3n) is 6.86. The third-order valence-corrected chi connectivity index (χ3v) is 9.30. The van der Waals surface area contributed by atoms with E-state index < -0.39 is 12.0 Å². The van der Waals surface area contributed by atoms with E-state index in [1.165, 1.54) is 14.9 Å². The van der Waals surface area contributed by atoms with Gasteiger partial charge in [-0.15, -0.1) is 11.8 Å². The highest BCUT2D eigenvalue weighted by Gasteiger charge is 2.33. The van der Waals surface area contributed by atoms with Gasteiger partial charge in [0.05, 0.1) is 27.9 Å². The van der Waals surface area contributed by atoms with E-state index in [9.17, 15) is 9.59 Å². The molecule has 0 saturated heterocycles. The number of aryl methyl sites for hydroxylation is 1. The van der Waals surface area contributed by atoms with Crippen LogP contribution in [0.15, 0.2) is 80.5 Å². The molecule has 9 heteroatoms. The Labute approximate surface area is 255 Å². The largest absolute Gasteiger partial charge is 0.459 e. The number of esters is 1. The molecular weight excluding hydrogens is 653 g/mol. The SMILES string of the molecule is CSc1ccc([C@H]2C(C(=O)OC(C)C)=C(C)N=c3s/c(=C\c4cc(C)n(-c5ccc(I)cc5)c4C)c(=O)n32)cc1. The molecule has 0 spiro atoms. The lowest BCUT2D eigenvalue weighted by molar-refractivity contribution is -0.143. The maximum atomic E-state index is 14.0. The van der Waals surface area contributed by atoms with Crippen LogP contribution in [0.3, 0.4) is 0 Å². The summed E-state index contributed by atoms with van der Waals surface area (Å²) in [6, 6.07) is 17.8. The molecule has 3 heterocycles. The van der Waals surface area contributed by atoms with Gasteiger partial charge in [0.15, 0.2) is 4.80 Å². The van der Waals surface area contributed by atoms with Gasteiger partial charge < -0.3 is 9.30 Å². The number of nitrogens with zero attached hydrogens (tertiary/aromatic N) is 3. The molecule has 0 amide bonds. The minimum absolute atomic E-state index is 0.177. The summed E-state index contributed by atoms with van der Waals surface area (Å²) < 4.78 is 11.2. The maximum Gasteiger partial charge on any atom is 0.338 e. The normalized spacial score (nSPS) is 15.4. The van der Waals surface area contributed by atoms with E-state index in [1.54, 1.807) is 16.3 Å². The van der Waals surface area contributed by atoms with Crippen LogP contribution >= 0.6 is 45.7 Å². The van der Waals surface area contributed by atoms with Gasteiger partial charge in [0, 0.05) is 25.5 Å². The number of hydrogen-bond donors (Lipinski definition) is 0. The number of rotatable bonds is 6. The first kappa shape index (κ1) is 28.6. The van der Waals surface area contributed by atoms with Crippen LogP contribution in [0, 0.1) is 17.4 Å². The molecule has 1 atom stereocenters. The van der Waals surface area contributed by atoms with E-state index in [0.29, 0.717) is 20.6 Å². The molecule has 0 unspecified atom stereocenters. The van der Waals surface area contributed by atoms with Gasteiger partial charge >= 0.3 is 5.97 Å². The Kier molecular flexibility index (Phi) is 8.26. The summed E-state index contributed by atoms with van der Waals surface area (Å²) in [5.74, 6) is -0.453. The van der Waals surface area contributed by atoms with Crippen molar-refractivity contribution >= 4 is 57.7 Å². The van der Waals surface area contributed by atoms with Crippen molar-refractivity contribution in [3.8, 4) is 5.69 Å². The van der Waals surface area contributed by atoms with Crippen LogP contribution in [0.1, 0.15) is 49.3 Å². The molecule has 6 nitrogen and oxygen atoms in total. The number of hydrogen-bond acceptors (Lipinski definition) is 6. The van der Waals surface area contributed by atoms with Crippen LogP contribution < -0.4 is 14.9 Å². The van der Waals surface area contributed by atoms with Gasteiger partial charge in [-0.25, -0.2) is 9.79 Å². The number of benzene rings is 2. The number of ether oxygens (including phenoxy) is 1. The average Bonchev–Trinajstić information content (AvgIpc) is 3.37. The second-order valence-corrected chi connectivity index (χ2v) is 13.1. The summed E-state index contributed by atoms with van der Waals surface area (Å²) in [4.78, 5) is 33.7. The number of halogens is 1. The first-order chi connectivity index (χ1) is 19.1. The van der Waals surface area contributed by atoms with Crippen molar-refractivity contribution in [3.05, 3.63) is 112 Å². The molecule has 0 fully saturated rings. The van der Waals surface area contributed by atoms with Crippen LogP contribution in [0.25, 0.3) is 11.8 Å². The molecule has 0 N–H and O–H groups in total. The van der Waals surface area contributed by atoms with Gasteiger partial charge in [-0.2, -0.15) is 0 Å². The molecule has 4 aromatic rings. The Balaban J connectivity index is 1.67. The average molecular weight is 684 g/mol. The molecule has 5 rings (SSSR count). The van der Waals surface area contributed by atoms with E-state index >= 15 is 0 Å². The molecule has 0 saturated carbocycles. The monoisotopic (exact) mass is 683 g/mol. The molecule has 2 aromatic carbocycles. The van der Waals surface area contributed by atoms with Crippen molar-refractivity contribution in [1.29, 1.82) is 0 Å². The molecule has 1 aliphatic rings. The molecule has 40 heavy (non-hydrogen) atoms. The standard InChI is InChI=1S/C31H30IN3O3S2/c1-17(2)38-30(37)27-19(4)33-31-35(28(27)21-7-13-25(39-6)14-8-21)29(36)26(40-31)16-22-15-18(3)34(20(22)5)24-11-9-23(32)10-12-24/h7-17,28H,1-6H3/b26-16-/t28-/m0/s1.